The number of ether oxygens (including phenoxy) is 2. The molecule has 0 fully saturated rings. The molecule has 1 aliphatic heterocycles. The van der Waals surface area contributed by atoms with Crippen LogP contribution in [0, 0.1) is 0 Å². The molecule has 0 saturated carbocycles. The van der Waals surface area contributed by atoms with Gasteiger partial charge in [0, 0.05) is 6.42 Å². The molecule has 0 saturated heterocycles. The third kappa shape index (κ3) is 2.94. The van der Waals surface area contributed by atoms with E-state index in [-0.39, 0.29) is 6.10 Å². The van der Waals surface area contributed by atoms with E-state index in [4.69, 9.17) is 14.0 Å². The summed E-state index contributed by atoms with van der Waals surface area (Å²) in [4.78, 5) is 4.31. The van der Waals surface area contributed by atoms with Crippen molar-refractivity contribution in [3.63, 3.8) is 0 Å². The van der Waals surface area contributed by atoms with Gasteiger partial charge < -0.3 is 14.0 Å². The van der Waals surface area contributed by atoms with Crippen LogP contribution in [-0.2, 0) is 13.0 Å². The lowest BCUT2D eigenvalue weighted by Gasteiger charge is -2.26. The zero-order chi connectivity index (χ0) is 16.4. The van der Waals surface area contributed by atoms with Crippen LogP contribution in [-0.4, -0.2) is 37.8 Å². The van der Waals surface area contributed by atoms with Crippen molar-refractivity contribution < 1.29 is 14.0 Å². The van der Waals surface area contributed by atoms with Crippen molar-refractivity contribution in [2.75, 3.05) is 6.61 Å². The third-order valence-corrected chi connectivity index (χ3v) is 3.66. The van der Waals surface area contributed by atoms with Crippen molar-refractivity contribution in [3.05, 3.63) is 36.3 Å². The molecule has 1 atom stereocenters. The molecule has 0 spiro atoms. The van der Waals surface area contributed by atoms with Crippen molar-refractivity contribution in [2.24, 2.45) is 0 Å². The summed E-state index contributed by atoms with van der Waals surface area (Å²) in [5.41, 5.74) is 0.557. The first kappa shape index (κ1) is 14.7. The van der Waals surface area contributed by atoms with Crippen molar-refractivity contribution in [1.29, 1.82) is 0 Å². The van der Waals surface area contributed by atoms with Gasteiger partial charge in [-0.3, -0.25) is 0 Å². The Labute approximate surface area is 138 Å². The smallest absolute Gasteiger partial charge is 0.280 e. The van der Waals surface area contributed by atoms with Gasteiger partial charge in [-0.1, -0.05) is 29.4 Å². The van der Waals surface area contributed by atoms with Crippen LogP contribution in [0.4, 0.5) is 0 Å². The Balaban J connectivity index is 1.44. The topological polar surface area (TPSA) is 88.1 Å². The lowest BCUT2D eigenvalue weighted by molar-refractivity contribution is 0.0755. The highest BCUT2D eigenvalue weighted by molar-refractivity contribution is 5.43. The Hall–Kier alpha value is -2.90. The van der Waals surface area contributed by atoms with Crippen LogP contribution in [0.25, 0.3) is 11.6 Å². The second kappa shape index (κ2) is 6.31. The Morgan fingerprint density at radius 2 is 2.12 bits per heavy atom. The van der Waals surface area contributed by atoms with Crippen LogP contribution < -0.4 is 9.47 Å². The number of para-hydroxylation sites is 2. The molecule has 0 aliphatic carbocycles. The number of nitrogens with zero attached hydrogens (tertiary/aromatic N) is 5. The van der Waals surface area contributed by atoms with E-state index in [1.54, 1.807) is 10.9 Å². The van der Waals surface area contributed by atoms with Crippen LogP contribution >= 0.6 is 0 Å². The highest BCUT2D eigenvalue weighted by atomic mass is 16.6. The number of benzene rings is 1. The summed E-state index contributed by atoms with van der Waals surface area (Å²) >= 11 is 0. The van der Waals surface area contributed by atoms with Gasteiger partial charge in [-0.05, 0) is 18.6 Å². The van der Waals surface area contributed by atoms with E-state index < -0.39 is 0 Å². The molecule has 0 unspecified atom stereocenters. The van der Waals surface area contributed by atoms with E-state index in [9.17, 15) is 0 Å². The van der Waals surface area contributed by atoms with E-state index in [1.165, 1.54) is 0 Å². The van der Waals surface area contributed by atoms with Crippen LogP contribution in [0.15, 0.2) is 35.0 Å². The fourth-order valence-corrected chi connectivity index (χ4v) is 2.53. The summed E-state index contributed by atoms with van der Waals surface area (Å²) in [6.45, 7) is 3.06. The zero-order valence-electron chi connectivity index (χ0n) is 13.3. The predicted molar refractivity (Wildman–Crippen MR) is 83.7 cm³/mol. The number of aromatic nitrogens is 5. The fraction of sp³-hybridized carbons (Fsp3) is 0.375. The maximum absolute atomic E-state index is 5.92. The number of fused-ring (bicyclic) bond motifs is 1. The van der Waals surface area contributed by atoms with Crippen molar-refractivity contribution >= 4 is 0 Å². The summed E-state index contributed by atoms with van der Waals surface area (Å²) < 4.78 is 18.5. The largest absolute Gasteiger partial charge is 0.486 e. The zero-order valence-corrected chi connectivity index (χ0v) is 13.3. The monoisotopic (exact) mass is 327 g/mol. The number of hydrogen-bond acceptors (Lipinski definition) is 7. The average molecular weight is 327 g/mol. The molecule has 8 heteroatoms. The molecular formula is C16H17N5O3. The van der Waals surface area contributed by atoms with Gasteiger partial charge in [0.05, 0.1) is 12.7 Å². The molecular weight excluding hydrogens is 310 g/mol. The lowest BCUT2D eigenvalue weighted by Crippen LogP contribution is -2.33. The molecule has 3 aromatic rings. The maximum Gasteiger partial charge on any atom is 0.280 e. The van der Waals surface area contributed by atoms with Crippen LogP contribution in [0.5, 0.6) is 11.5 Å². The van der Waals surface area contributed by atoms with Gasteiger partial charge in [-0.2, -0.15) is 4.98 Å². The number of hydrogen-bond donors (Lipinski definition) is 0. The molecule has 1 aliphatic rings. The SMILES string of the molecule is CCCc1noc(-c2cn(C[C@H]3COc4ccccc4O3)nn2)n1. The highest BCUT2D eigenvalue weighted by Gasteiger charge is 2.22. The van der Waals surface area contributed by atoms with Gasteiger partial charge in [0.2, 0.25) is 0 Å². The first-order chi connectivity index (χ1) is 11.8. The molecule has 0 bridgehead atoms. The Morgan fingerprint density at radius 3 is 3.00 bits per heavy atom. The average Bonchev–Trinajstić information content (AvgIpc) is 3.24. The number of rotatable bonds is 5. The Morgan fingerprint density at radius 1 is 1.25 bits per heavy atom. The van der Waals surface area contributed by atoms with E-state index in [0.29, 0.717) is 30.6 Å². The van der Waals surface area contributed by atoms with Crippen molar-refractivity contribution in [2.45, 2.75) is 32.4 Å². The second-order valence-corrected chi connectivity index (χ2v) is 5.59. The lowest BCUT2D eigenvalue weighted by atomic mass is 10.2. The van der Waals surface area contributed by atoms with Crippen molar-refractivity contribution in [3.8, 4) is 23.1 Å². The Kier molecular flexibility index (Phi) is 3.86. The molecule has 1 aromatic carbocycles. The molecule has 0 radical (unpaired) electrons. The molecule has 3 heterocycles. The molecule has 8 nitrogen and oxygen atoms in total. The minimum absolute atomic E-state index is 0.132. The summed E-state index contributed by atoms with van der Waals surface area (Å²) in [5, 5.41) is 12.1. The standard InChI is InChI=1S/C16H17N5O3/c1-2-5-15-17-16(24-19-15)12-9-21(20-18-12)8-11-10-22-13-6-3-4-7-14(13)23-11/h3-4,6-7,9,11H,2,5,8,10H2,1H3/t11-/m0/s1. The van der Waals surface area contributed by atoms with E-state index in [0.717, 1.165) is 24.3 Å². The molecule has 0 amide bonds. The van der Waals surface area contributed by atoms with Gasteiger partial charge >= 0.3 is 0 Å². The molecule has 24 heavy (non-hydrogen) atoms. The molecule has 2 aromatic heterocycles. The van der Waals surface area contributed by atoms with Gasteiger partial charge in [0.15, 0.2) is 29.1 Å². The molecule has 4 rings (SSSR count). The highest BCUT2D eigenvalue weighted by Crippen LogP contribution is 2.31. The van der Waals surface area contributed by atoms with Crippen LogP contribution in [0.3, 0.4) is 0 Å². The first-order valence-electron chi connectivity index (χ1n) is 7.93. The molecule has 124 valence electrons. The van der Waals surface area contributed by atoms with E-state index in [1.807, 2.05) is 24.3 Å². The van der Waals surface area contributed by atoms with Crippen molar-refractivity contribution in [1.82, 2.24) is 25.1 Å². The van der Waals surface area contributed by atoms with Crippen LogP contribution in [0.1, 0.15) is 19.2 Å². The van der Waals surface area contributed by atoms with Gasteiger partial charge in [-0.25, -0.2) is 4.68 Å². The third-order valence-electron chi connectivity index (χ3n) is 3.66. The summed E-state index contributed by atoms with van der Waals surface area (Å²) in [6, 6.07) is 7.62. The Bertz CT molecular complexity index is 828. The molecule has 0 N–H and O–H groups in total. The summed E-state index contributed by atoms with van der Waals surface area (Å²) in [5.74, 6) is 2.58. The van der Waals surface area contributed by atoms with Crippen LogP contribution in [0.2, 0.25) is 0 Å². The minimum atomic E-state index is -0.132. The van der Waals surface area contributed by atoms with Gasteiger partial charge in [0.1, 0.15) is 6.61 Å². The number of aryl methyl sites for hydroxylation is 1. The van der Waals surface area contributed by atoms with E-state index in [2.05, 4.69) is 27.4 Å². The van der Waals surface area contributed by atoms with Gasteiger partial charge in [0.25, 0.3) is 5.89 Å². The minimum Gasteiger partial charge on any atom is -0.486 e. The first-order valence-corrected chi connectivity index (χ1v) is 7.93. The quantitative estimate of drug-likeness (QED) is 0.709. The summed E-state index contributed by atoms with van der Waals surface area (Å²) in [7, 11) is 0. The predicted octanol–water partition coefficient (Wildman–Crippen LogP) is 2.12. The maximum atomic E-state index is 5.92. The normalized spacial score (nSPS) is 16.3. The summed E-state index contributed by atoms with van der Waals surface area (Å²) in [6.07, 6.45) is 3.39. The second-order valence-electron chi connectivity index (χ2n) is 5.59. The van der Waals surface area contributed by atoms with E-state index >= 15 is 0 Å². The fourth-order valence-electron chi connectivity index (χ4n) is 2.53. The van der Waals surface area contributed by atoms with Gasteiger partial charge in [-0.15, -0.1) is 5.10 Å².